The van der Waals surface area contributed by atoms with Crippen LogP contribution in [0.1, 0.15) is 5.56 Å². The lowest BCUT2D eigenvalue weighted by molar-refractivity contribution is 0.233. The van der Waals surface area contributed by atoms with Crippen LogP contribution >= 0.6 is 0 Å². The summed E-state index contributed by atoms with van der Waals surface area (Å²) < 4.78 is 0. The molecule has 0 aliphatic rings. The Hall–Kier alpha value is -1.60. The third-order valence-corrected chi connectivity index (χ3v) is 2.22. The molecule has 2 aromatic rings. The Kier molecular flexibility index (Phi) is 2.61. The molecule has 0 heterocycles. The lowest BCUT2D eigenvalue weighted by Gasteiger charge is -2.00. The van der Waals surface area contributed by atoms with Gasteiger partial charge in [0.25, 0.3) is 0 Å². The topological polar surface area (TPSA) is 19.9 Å². The molecule has 0 unspecified atom stereocenters. The summed E-state index contributed by atoms with van der Waals surface area (Å²) >= 11 is 0. The molecule has 0 bridgehead atoms. The first-order valence-corrected chi connectivity index (χ1v) is 4.64. The van der Waals surface area contributed by atoms with Gasteiger partial charge in [-0.25, -0.2) is 5.11 Å². The zero-order valence-electron chi connectivity index (χ0n) is 7.81. The summed E-state index contributed by atoms with van der Waals surface area (Å²) in [6.45, 7) is -0.163. The minimum Gasteiger partial charge on any atom is -0.232 e. The largest absolute Gasteiger partial charge is 0.232 e. The van der Waals surface area contributed by atoms with Gasteiger partial charge in [-0.1, -0.05) is 54.6 Å². The molecular formula is C13H11O. The highest BCUT2D eigenvalue weighted by molar-refractivity contribution is 5.90. The van der Waals surface area contributed by atoms with E-state index in [4.69, 9.17) is 0 Å². The molecule has 0 aliphatic carbocycles. The smallest absolute Gasteiger partial charge is 0.101 e. The number of hydrogen-bond donors (Lipinski definition) is 0. The van der Waals surface area contributed by atoms with Gasteiger partial charge in [-0.15, -0.1) is 0 Å². The normalized spacial score (nSPS) is 11.2. The molecule has 0 aromatic heterocycles. The average molecular weight is 183 g/mol. The highest BCUT2D eigenvalue weighted by atomic mass is 16.2. The van der Waals surface area contributed by atoms with Crippen molar-refractivity contribution in [2.24, 2.45) is 0 Å². The fourth-order valence-electron chi connectivity index (χ4n) is 1.57. The predicted octanol–water partition coefficient (Wildman–Crippen LogP) is 3.28. The highest BCUT2D eigenvalue weighted by Gasteiger charge is 1.95. The van der Waals surface area contributed by atoms with E-state index >= 15 is 0 Å². The van der Waals surface area contributed by atoms with E-state index in [1.54, 1.807) is 6.08 Å². The Labute approximate surface area is 83.3 Å². The van der Waals surface area contributed by atoms with Crippen molar-refractivity contribution in [2.45, 2.75) is 0 Å². The molecule has 0 amide bonds. The Balaban J connectivity index is 2.59. The van der Waals surface area contributed by atoms with Crippen LogP contribution in [0.5, 0.6) is 0 Å². The van der Waals surface area contributed by atoms with Crippen molar-refractivity contribution in [3.8, 4) is 0 Å². The molecular weight excluding hydrogens is 172 g/mol. The summed E-state index contributed by atoms with van der Waals surface area (Å²) in [6.07, 6.45) is 3.52. The first kappa shape index (κ1) is 8.97. The van der Waals surface area contributed by atoms with E-state index in [-0.39, 0.29) is 6.61 Å². The third kappa shape index (κ3) is 1.68. The van der Waals surface area contributed by atoms with Crippen molar-refractivity contribution in [3.05, 3.63) is 54.1 Å². The Morgan fingerprint density at radius 3 is 2.64 bits per heavy atom. The molecule has 0 spiro atoms. The first-order valence-electron chi connectivity index (χ1n) is 4.64. The molecule has 0 saturated heterocycles. The molecule has 1 radical (unpaired) electrons. The molecule has 1 heteroatoms. The van der Waals surface area contributed by atoms with Crippen LogP contribution in [0.15, 0.2) is 48.5 Å². The van der Waals surface area contributed by atoms with Gasteiger partial charge in [-0.3, -0.25) is 0 Å². The number of hydrogen-bond acceptors (Lipinski definition) is 0. The van der Waals surface area contributed by atoms with E-state index in [0.717, 1.165) is 5.56 Å². The van der Waals surface area contributed by atoms with Crippen molar-refractivity contribution in [2.75, 3.05) is 6.61 Å². The fraction of sp³-hybridized carbons (Fsp3) is 0.0769. The molecule has 2 rings (SSSR count). The second-order valence-electron chi connectivity index (χ2n) is 3.14. The second kappa shape index (κ2) is 4.07. The Bertz CT molecular complexity index is 452. The van der Waals surface area contributed by atoms with Gasteiger partial charge in [0, 0.05) is 0 Å². The molecule has 0 N–H and O–H groups in total. The maximum Gasteiger partial charge on any atom is 0.101 e. The van der Waals surface area contributed by atoms with E-state index in [1.807, 2.05) is 30.3 Å². The Morgan fingerprint density at radius 1 is 1.00 bits per heavy atom. The lowest BCUT2D eigenvalue weighted by Crippen LogP contribution is -1.78. The minimum atomic E-state index is -0.163. The molecule has 69 valence electrons. The molecule has 1 nitrogen and oxygen atoms in total. The van der Waals surface area contributed by atoms with Gasteiger partial charge in [0.2, 0.25) is 0 Å². The van der Waals surface area contributed by atoms with Crippen LogP contribution < -0.4 is 0 Å². The molecule has 0 saturated carbocycles. The van der Waals surface area contributed by atoms with Crippen molar-refractivity contribution >= 4 is 16.8 Å². The fourth-order valence-corrected chi connectivity index (χ4v) is 1.57. The molecule has 2 aromatic carbocycles. The van der Waals surface area contributed by atoms with Crippen LogP contribution in [-0.2, 0) is 5.11 Å². The number of rotatable bonds is 2. The van der Waals surface area contributed by atoms with Gasteiger partial charge >= 0.3 is 0 Å². The molecule has 0 aliphatic heterocycles. The summed E-state index contributed by atoms with van der Waals surface area (Å²) in [5.41, 5.74) is 1.11. The van der Waals surface area contributed by atoms with E-state index in [0.29, 0.717) is 0 Å². The van der Waals surface area contributed by atoms with Crippen LogP contribution in [0.4, 0.5) is 0 Å². The first-order chi connectivity index (χ1) is 6.92. The van der Waals surface area contributed by atoms with Crippen LogP contribution in [-0.4, -0.2) is 6.61 Å². The standard InChI is InChI=1S/C13H11O/c14-10-4-8-12-7-3-6-11-5-1-2-9-13(11)12/h1-9H,10H2/b8-4+. The number of fused-ring (bicyclic) bond motifs is 1. The maximum absolute atomic E-state index is 10.4. The van der Waals surface area contributed by atoms with Crippen LogP contribution in [0.2, 0.25) is 0 Å². The Morgan fingerprint density at radius 2 is 1.79 bits per heavy atom. The molecule has 0 fully saturated rings. The van der Waals surface area contributed by atoms with E-state index in [9.17, 15) is 5.11 Å². The van der Waals surface area contributed by atoms with Gasteiger partial charge in [-0.05, 0) is 16.3 Å². The zero-order chi connectivity index (χ0) is 9.80. The average Bonchev–Trinajstić information content (AvgIpc) is 2.26. The van der Waals surface area contributed by atoms with Crippen LogP contribution in [0, 0.1) is 0 Å². The van der Waals surface area contributed by atoms with Gasteiger partial charge in [-0.2, -0.15) is 0 Å². The number of benzene rings is 2. The second-order valence-corrected chi connectivity index (χ2v) is 3.14. The van der Waals surface area contributed by atoms with Crippen molar-refractivity contribution < 1.29 is 5.11 Å². The monoisotopic (exact) mass is 183 g/mol. The van der Waals surface area contributed by atoms with Gasteiger partial charge < -0.3 is 0 Å². The van der Waals surface area contributed by atoms with E-state index < -0.39 is 0 Å². The van der Waals surface area contributed by atoms with Crippen LogP contribution in [0.3, 0.4) is 0 Å². The minimum absolute atomic E-state index is 0.163. The predicted molar refractivity (Wildman–Crippen MR) is 58.5 cm³/mol. The van der Waals surface area contributed by atoms with Crippen molar-refractivity contribution in [3.63, 3.8) is 0 Å². The maximum atomic E-state index is 10.4. The van der Waals surface area contributed by atoms with Crippen molar-refractivity contribution in [1.82, 2.24) is 0 Å². The summed E-state index contributed by atoms with van der Waals surface area (Å²) in [5.74, 6) is 0. The highest BCUT2D eigenvalue weighted by Crippen LogP contribution is 2.19. The van der Waals surface area contributed by atoms with E-state index in [2.05, 4.69) is 18.2 Å². The van der Waals surface area contributed by atoms with Gasteiger partial charge in [0.15, 0.2) is 0 Å². The lowest BCUT2D eigenvalue weighted by atomic mass is 10.0. The van der Waals surface area contributed by atoms with Crippen molar-refractivity contribution in [1.29, 1.82) is 0 Å². The van der Waals surface area contributed by atoms with Crippen LogP contribution in [0.25, 0.3) is 16.8 Å². The SMILES string of the molecule is [O]C/C=C/c1cccc2ccccc12. The van der Waals surface area contributed by atoms with Gasteiger partial charge in [0.05, 0.1) is 0 Å². The van der Waals surface area contributed by atoms with Gasteiger partial charge in [0.1, 0.15) is 6.61 Å². The summed E-state index contributed by atoms with van der Waals surface area (Å²) in [7, 11) is 0. The third-order valence-electron chi connectivity index (χ3n) is 2.22. The zero-order valence-corrected chi connectivity index (χ0v) is 7.81. The van der Waals surface area contributed by atoms with E-state index in [1.165, 1.54) is 10.8 Å². The summed E-state index contributed by atoms with van der Waals surface area (Å²) in [5, 5.41) is 12.8. The molecule has 14 heavy (non-hydrogen) atoms. The summed E-state index contributed by atoms with van der Waals surface area (Å²) in [4.78, 5) is 0. The summed E-state index contributed by atoms with van der Waals surface area (Å²) in [6, 6.07) is 14.3. The quantitative estimate of drug-likeness (QED) is 0.681. The molecule has 0 atom stereocenters.